The summed E-state index contributed by atoms with van der Waals surface area (Å²) in [5.74, 6) is 3.78. The van der Waals surface area contributed by atoms with Gasteiger partial charge in [-0.25, -0.2) is 14.2 Å². The minimum atomic E-state index is -0.895. The van der Waals surface area contributed by atoms with Crippen LogP contribution >= 0.6 is 11.3 Å². The van der Waals surface area contributed by atoms with Crippen molar-refractivity contribution in [1.82, 2.24) is 10.4 Å². The minimum Gasteiger partial charge on any atom is -0.271 e. The fourth-order valence-corrected chi connectivity index (χ4v) is 2.89. The third-order valence-electron chi connectivity index (χ3n) is 3.10. The highest BCUT2D eigenvalue weighted by Crippen LogP contribution is 2.27. The lowest BCUT2D eigenvalue weighted by Gasteiger charge is -2.16. The molecule has 1 atom stereocenters. The van der Waals surface area contributed by atoms with Crippen molar-refractivity contribution in [2.75, 3.05) is 0 Å². The number of benzene rings is 1. The number of hydrazine groups is 1. The molecule has 1 unspecified atom stereocenters. The predicted molar refractivity (Wildman–Crippen MR) is 75.1 cm³/mol. The van der Waals surface area contributed by atoms with Crippen LogP contribution in [0, 0.1) is 11.6 Å². The number of fused-ring (bicyclic) bond motifs is 1. The van der Waals surface area contributed by atoms with Gasteiger partial charge in [0.2, 0.25) is 0 Å². The molecule has 0 amide bonds. The molecule has 20 heavy (non-hydrogen) atoms. The zero-order chi connectivity index (χ0) is 14.1. The minimum absolute atomic E-state index is 0.441. The largest absolute Gasteiger partial charge is 0.271 e. The van der Waals surface area contributed by atoms with Crippen molar-refractivity contribution in [3.05, 3.63) is 64.7 Å². The maximum atomic E-state index is 13.3. The van der Waals surface area contributed by atoms with E-state index in [1.165, 1.54) is 6.07 Å². The first-order chi connectivity index (χ1) is 9.69. The zero-order valence-electron chi connectivity index (χ0n) is 10.3. The number of halogens is 2. The maximum Gasteiger partial charge on any atom is 0.159 e. The van der Waals surface area contributed by atoms with Gasteiger partial charge in [0, 0.05) is 6.20 Å². The van der Waals surface area contributed by atoms with E-state index in [2.05, 4.69) is 10.4 Å². The van der Waals surface area contributed by atoms with Crippen LogP contribution in [0.5, 0.6) is 0 Å². The van der Waals surface area contributed by atoms with Gasteiger partial charge in [0.1, 0.15) is 0 Å². The summed E-state index contributed by atoms with van der Waals surface area (Å²) in [5.41, 5.74) is 4.86. The van der Waals surface area contributed by atoms with E-state index >= 15 is 0 Å². The number of nitrogens with one attached hydrogen (secondary N) is 1. The summed E-state index contributed by atoms with van der Waals surface area (Å²) >= 11 is 1.56. The van der Waals surface area contributed by atoms with E-state index in [4.69, 9.17) is 5.84 Å². The van der Waals surface area contributed by atoms with Gasteiger partial charge >= 0.3 is 0 Å². The van der Waals surface area contributed by atoms with E-state index in [-0.39, 0.29) is 0 Å². The molecule has 3 rings (SSSR count). The van der Waals surface area contributed by atoms with Crippen LogP contribution in [0.15, 0.2) is 41.9 Å². The molecule has 3 aromatic rings. The molecule has 0 bridgehead atoms. The molecular formula is C14H11F2N3S. The molecule has 0 aliphatic rings. The summed E-state index contributed by atoms with van der Waals surface area (Å²) in [6.07, 6.45) is 1.68. The molecule has 0 aliphatic carbocycles. The second-order valence-corrected chi connectivity index (χ2v) is 5.29. The fraction of sp³-hybridized carbons (Fsp3) is 0.0714. The summed E-state index contributed by atoms with van der Waals surface area (Å²) in [6, 6.07) is 7.15. The molecule has 3 nitrogen and oxygen atoms in total. The third-order valence-corrected chi connectivity index (χ3v) is 3.95. The Morgan fingerprint density at radius 1 is 1.10 bits per heavy atom. The highest BCUT2D eigenvalue weighted by atomic mass is 32.1. The first-order valence-electron chi connectivity index (χ1n) is 5.93. The van der Waals surface area contributed by atoms with Gasteiger partial charge in [-0.15, -0.1) is 11.3 Å². The van der Waals surface area contributed by atoms with E-state index in [0.717, 1.165) is 27.9 Å². The highest BCUT2D eigenvalue weighted by Gasteiger charge is 2.15. The van der Waals surface area contributed by atoms with Crippen LogP contribution in [0.1, 0.15) is 17.2 Å². The Kier molecular flexibility index (Phi) is 3.43. The average molecular weight is 291 g/mol. The summed E-state index contributed by atoms with van der Waals surface area (Å²) in [6.45, 7) is 0. The van der Waals surface area contributed by atoms with Gasteiger partial charge in [-0.2, -0.15) is 0 Å². The molecule has 0 saturated carbocycles. The van der Waals surface area contributed by atoms with E-state index in [1.54, 1.807) is 17.5 Å². The van der Waals surface area contributed by atoms with Crippen LogP contribution in [0.2, 0.25) is 0 Å². The van der Waals surface area contributed by atoms with Gasteiger partial charge in [-0.05, 0) is 40.8 Å². The SMILES string of the molecule is NNC(c1ccc(F)c(F)c1)c1cnc2ccsc2c1. The molecule has 0 spiro atoms. The van der Waals surface area contributed by atoms with E-state index < -0.39 is 17.7 Å². The number of hydrogen-bond acceptors (Lipinski definition) is 4. The number of aromatic nitrogens is 1. The van der Waals surface area contributed by atoms with Crippen molar-refractivity contribution in [3.63, 3.8) is 0 Å². The summed E-state index contributed by atoms with van der Waals surface area (Å²) in [4.78, 5) is 4.32. The van der Waals surface area contributed by atoms with Crippen LogP contribution in [0.3, 0.4) is 0 Å². The van der Waals surface area contributed by atoms with Crippen molar-refractivity contribution >= 4 is 21.6 Å². The van der Waals surface area contributed by atoms with Gasteiger partial charge in [0.05, 0.1) is 16.3 Å². The van der Waals surface area contributed by atoms with Crippen LogP contribution < -0.4 is 11.3 Å². The zero-order valence-corrected chi connectivity index (χ0v) is 11.1. The van der Waals surface area contributed by atoms with Crippen LogP contribution in [-0.4, -0.2) is 4.98 Å². The quantitative estimate of drug-likeness (QED) is 0.576. The Morgan fingerprint density at radius 2 is 1.95 bits per heavy atom. The molecule has 3 N–H and O–H groups in total. The fourth-order valence-electron chi connectivity index (χ4n) is 2.10. The molecule has 2 aromatic heterocycles. The summed E-state index contributed by atoms with van der Waals surface area (Å²) in [7, 11) is 0. The van der Waals surface area contributed by atoms with Crippen LogP contribution in [0.25, 0.3) is 10.2 Å². The summed E-state index contributed by atoms with van der Waals surface area (Å²) < 4.78 is 27.4. The van der Waals surface area contributed by atoms with Crippen molar-refractivity contribution in [2.45, 2.75) is 6.04 Å². The number of rotatable bonds is 3. The second kappa shape index (κ2) is 5.24. The molecule has 0 radical (unpaired) electrons. The molecule has 2 heterocycles. The van der Waals surface area contributed by atoms with E-state index in [9.17, 15) is 8.78 Å². The molecule has 0 fully saturated rings. The monoisotopic (exact) mass is 291 g/mol. The average Bonchev–Trinajstić information content (AvgIpc) is 2.91. The Morgan fingerprint density at radius 3 is 2.70 bits per heavy atom. The van der Waals surface area contributed by atoms with Crippen molar-refractivity contribution < 1.29 is 8.78 Å². The highest BCUT2D eigenvalue weighted by molar-refractivity contribution is 7.17. The second-order valence-electron chi connectivity index (χ2n) is 4.35. The van der Waals surface area contributed by atoms with Crippen molar-refractivity contribution in [2.24, 2.45) is 5.84 Å². The van der Waals surface area contributed by atoms with Gasteiger partial charge in [0.15, 0.2) is 11.6 Å². The lowest BCUT2D eigenvalue weighted by atomic mass is 10.0. The van der Waals surface area contributed by atoms with Crippen LogP contribution in [-0.2, 0) is 0 Å². The van der Waals surface area contributed by atoms with Crippen molar-refractivity contribution in [1.29, 1.82) is 0 Å². The molecule has 0 saturated heterocycles. The van der Waals surface area contributed by atoms with Gasteiger partial charge in [-0.1, -0.05) is 6.07 Å². The number of hydrogen-bond donors (Lipinski definition) is 2. The first-order valence-corrected chi connectivity index (χ1v) is 6.81. The molecule has 1 aromatic carbocycles. The Hall–Kier alpha value is -1.89. The van der Waals surface area contributed by atoms with Gasteiger partial charge in [-0.3, -0.25) is 10.8 Å². The lowest BCUT2D eigenvalue weighted by Crippen LogP contribution is -2.29. The van der Waals surface area contributed by atoms with Gasteiger partial charge in [0.25, 0.3) is 0 Å². The first kappa shape index (κ1) is 13.1. The smallest absolute Gasteiger partial charge is 0.159 e. The maximum absolute atomic E-state index is 13.3. The van der Waals surface area contributed by atoms with E-state index in [1.807, 2.05) is 17.5 Å². The normalized spacial score (nSPS) is 12.8. The topological polar surface area (TPSA) is 50.9 Å². The number of thiophene rings is 1. The Labute approximate surface area is 118 Å². The number of pyridine rings is 1. The molecular weight excluding hydrogens is 280 g/mol. The number of nitrogens with two attached hydrogens (primary N) is 1. The van der Waals surface area contributed by atoms with E-state index in [0.29, 0.717) is 5.56 Å². The predicted octanol–water partition coefficient (Wildman–Crippen LogP) is 3.13. The molecule has 0 aliphatic heterocycles. The Bertz CT molecular complexity index is 757. The van der Waals surface area contributed by atoms with Crippen molar-refractivity contribution in [3.8, 4) is 0 Å². The van der Waals surface area contributed by atoms with Gasteiger partial charge < -0.3 is 0 Å². The Balaban J connectivity index is 2.05. The summed E-state index contributed by atoms with van der Waals surface area (Å²) in [5, 5.41) is 1.95. The number of nitrogens with zero attached hydrogens (tertiary/aromatic N) is 1. The molecule has 102 valence electrons. The van der Waals surface area contributed by atoms with Crippen LogP contribution in [0.4, 0.5) is 8.78 Å². The third kappa shape index (κ3) is 2.29. The molecule has 6 heteroatoms. The standard InChI is InChI=1S/C14H11F2N3S/c15-10-2-1-8(5-11(10)16)14(19-17)9-6-13-12(18-7-9)3-4-20-13/h1-7,14,19H,17H2. The lowest BCUT2D eigenvalue weighted by molar-refractivity contribution is 0.504.